The number of aromatic amines is 1. The lowest BCUT2D eigenvalue weighted by Gasteiger charge is -2.23. The summed E-state index contributed by atoms with van der Waals surface area (Å²) in [7, 11) is 0. The molecule has 0 radical (unpaired) electrons. The van der Waals surface area contributed by atoms with Crippen LogP contribution in [-0.2, 0) is 0 Å². The van der Waals surface area contributed by atoms with E-state index in [0.717, 1.165) is 0 Å². The van der Waals surface area contributed by atoms with E-state index in [1.54, 1.807) is 4.90 Å². The molecule has 2 heterocycles. The molecule has 2 aromatic rings. The number of anilines is 2. The number of aromatic nitrogens is 6. The lowest BCUT2D eigenvalue weighted by Crippen LogP contribution is -2.28. The molecular formula is C9H12N8O. The minimum Gasteiger partial charge on any atom is -0.364 e. The Morgan fingerprint density at radius 1 is 1.44 bits per heavy atom. The average Bonchev–Trinajstić information content (AvgIpc) is 2.82. The number of primary amides is 1. The zero-order chi connectivity index (χ0) is 13.1. The van der Waals surface area contributed by atoms with Crippen LogP contribution in [-0.4, -0.2) is 42.5 Å². The van der Waals surface area contributed by atoms with Crippen LogP contribution in [0.25, 0.3) is 0 Å². The topological polar surface area (TPSA) is 127 Å². The summed E-state index contributed by atoms with van der Waals surface area (Å²) in [5, 5.41) is 13.6. The SMILES string of the molecule is CC(C)N(c1cncc(C(N)=O)n1)c1nn[nH]n1. The molecule has 1 amide bonds. The van der Waals surface area contributed by atoms with Crippen LogP contribution in [0.1, 0.15) is 24.3 Å². The van der Waals surface area contributed by atoms with Gasteiger partial charge in [0.05, 0.1) is 12.4 Å². The maximum atomic E-state index is 11.1. The second-order valence-corrected chi connectivity index (χ2v) is 3.80. The fourth-order valence-electron chi connectivity index (χ4n) is 1.45. The van der Waals surface area contributed by atoms with Crippen LogP contribution in [0, 0.1) is 0 Å². The molecule has 3 N–H and O–H groups in total. The number of nitrogens with zero attached hydrogens (tertiary/aromatic N) is 6. The zero-order valence-corrected chi connectivity index (χ0v) is 9.90. The number of rotatable bonds is 4. The zero-order valence-electron chi connectivity index (χ0n) is 9.90. The van der Waals surface area contributed by atoms with Crippen molar-refractivity contribution in [3.8, 4) is 0 Å². The number of nitrogens with one attached hydrogen (secondary N) is 1. The predicted octanol–water partition coefficient (Wildman–Crippen LogP) is -0.365. The average molecular weight is 248 g/mol. The van der Waals surface area contributed by atoms with E-state index in [-0.39, 0.29) is 11.7 Å². The van der Waals surface area contributed by atoms with Gasteiger partial charge in [0.2, 0.25) is 0 Å². The van der Waals surface area contributed by atoms with Crippen LogP contribution in [0.5, 0.6) is 0 Å². The van der Waals surface area contributed by atoms with Gasteiger partial charge in [0.15, 0.2) is 5.82 Å². The molecule has 18 heavy (non-hydrogen) atoms. The smallest absolute Gasteiger partial charge is 0.271 e. The van der Waals surface area contributed by atoms with Gasteiger partial charge >= 0.3 is 0 Å². The van der Waals surface area contributed by atoms with Gasteiger partial charge in [0.1, 0.15) is 5.69 Å². The maximum absolute atomic E-state index is 11.1. The predicted molar refractivity (Wildman–Crippen MR) is 62.0 cm³/mol. The maximum Gasteiger partial charge on any atom is 0.271 e. The van der Waals surface area contributed by atoms with Crippen LogP contribution < -0.4 is 10.6 Å². The Kier molecular flexibility index (Phi) is 3.13. The molecule has 0 spiro atoms. The number of H-pyrrole nitrogens is 1. The van der Waals surface area contributed by atoms with E-state index in [2.05, 4.69) is 30.6 Å². The van der Waals surface area contributed by atoms with Gasteiger partial charge in [-0.1, -0.05) is 5.10 Å². The van der Waals surface area contributed by atoms with Gasteiger partial charge in [-0.2, -0.15) is 5.21 Å². The minimum absolute atomic E-state index is 0.0139. The Balaban J connectivity index is 2.43. The van der Waals surface area contributed by atoms with Crippen molar-refractivity contribution in [2.45, 2.75) is 19.9 Å². The highest BCUT2D eigenvalue weighted by atomic mass is 16.1. The Morgan fingerprint density at radius 2 is 2.22 bits per heavy atom. The molecule has 0 saturated heterocycles. The van der Waals surface area contributed by atoms with Crippen molar-refractivity contribution in [3.05, 3.63) is 18.1 Å². The number of carbonyl (C=O) groups is 1. The summed E-state index contributed by atoms with van der Waals surface area (Å²) >= 11 is 0. The monoisotopic (exact) mass is 248 g/mol. The first kappa shape index (κ1) is 11.9. The number of hydrogen-bond donors (Lipinski definition) is 2. The number of nitrogens with two attached hydrogens (primary N) is 1. The fraction of sp³-hybridized carbons (Fsp3) is 0.333. The molecule has 0 unspecified atom stereocenters. The standard InChI is InChI=1S/C9H12N8O/c1-5(2)17(9-13-15-16-14-9)7-4-11-3-6(12-7)8(10)18/h3-5H,1-2H3,(H2,10,18)(H,13,14,15,16). The molecular weight excluding hydrogens is 236 g/mol. The molecule has 94 valence electrons. The summed E-state index contributed by atoms with van der Waals surface area (Å²) in [6.45, 7) is 3.85. The molecule has 9 heteroatoms. The molecule has 0 aliphatic carbocycles. The molecule has 2 rings (SSSR count). The molecule has 0 bridgehead atoms. The molecule has 0 aromatic carbocycles. The van der Waals surface area contributed by atoms with E-state index in [4.69, 9.17) is 5.73 Å². The van der Waals surface area contributed by atoms with Crippen molar-refractivity contribution in [2.75, 3.05) is 4.90 Å². The Bertz CT molecular complexity index is 537. The number of carbonyl (C=O) groups excluding carboxylic acids is 1. The fourth-order valence-corrected chi connectivity index (χ4v) is 1.45. The normalized spacial score (nSPS) is 10.6. The molecule has 0 saturated carbocycles. The largest absolute Gasteiger partial charge is 0.364 e. The summed E-state index contributed by atoms with van der Waals surface area (Å²) in [5.74, 6) is 0.143. The van der Waals surface area contributed by atoms with E-state index in [0.29, 0.717) is 11.8 Å². The van der Waals surface area contributed by atoms with Gasteiger partial charge < -0.3 is 5.73 Å². The van der Waals surface area contributed by atoms with Crippen LogP contribution >= 0.6 is 0 Å². The lowest BCUT2D eigenvalue weighted by atomic mass is 10.3. The Hall–Kier alpha value is -2.58. The van der Waals surface area contributed by atoms with Gasteiger partial charge in [0, 0.05) is 6.04 Å². The molecule has 0 aliphatic heterocycles. The summed E-state index contributed by atoms with van der Waals surface area (Å²) in [6.07, 6.45) is 2.81. The highest BCUT2D eigenvalue weighted by molar-refractivity contribution is 5.90. The number of hydrogen-bond acceptors (Lipinski definition) is 7. The lowest BCUT2D eigenvalue weighted by molar-refractivity contribution is 0.0995. The van der Waals surface area contributed by atoms with Gasteiger partial charge in [0.25, 0.3) is 11.9 Å². The first-order chi connectivity index (χ1) is 8.59. The highest BCUT2D eigenvalue weighted by Crippen LogP contribution is 2.20. The molecule has 0 aliphatic rings. The third-order valence-electron chi connectivity index (χ3n) is 2.19. The third kappa shape index (κ3) is 2.24. The van der Waals surface area contributed by atoms with Gasteiger partial charge in [-0.25, -0.2) is 4.98 Å². The highest BCUT2D eigenvalue weighted by Gasteiger charge is 2.19. The number of amides is 1. The third-order valence-corrected chi connectivity index (χ3v) is 2.19. The van der Waals surface area contributed by atoms with Crippen LogP contribution in [0.4, 0.5) is 11.8 Å². The van der Waals surface area contributed by atoms with Gasteiger partial charge in [-0.3, -0.25) is 14.7 Å². The first-order valence-corrected chi connectivity index (χ1v) is 5.24. The molecule has 0 atom stereocenters. The van der Waals surface area contributed by atoms with Crippen molar-refractivity contribution in [1.29, 1.82) is 0 Å². The second-order valence-electron chi connectivity index (χ2n) is 3.80. The summed E-state index contributed by atoms with van der Waals surface area (Å²) in [5.41, 5.74) is 5.25. The molecule has 9 nitrogen and oxygen atoms in total. The van der Waals surface area contributed by atoms with Gasteiger partial charge in [-0.05, 0) is 19.1 Å². The minimum atomic E-state index is -0.638. The second kappa shape index (κ2) is 4.73. The summed E-state index contributed by atoms with van der Waals surface area (Å²) in [4.78, 5) is 20.8. The van der Waals surface area contributed by atoms with Crippen LogP contribution in [0.3, 0.4) is 0 Å². The first-order valence-electron chi connectivity index (χ1n) is 5.24. The van der Waals surface area contributed by atoms with E-state index in [9.17, 15) is 4.79 Å². The summed E-state index contributed by atoms with van der Waals surface area (Å²) < 4.78 is 0. The quantitative estimate of drug-likeness (QED) is 0.755. The van der Waals surface area contributed by atoms with E-state index >= 15 is 0 Å². The van der Waals surface area contributed by atoms with Crippen molar-refractivity contribution < 1.29 is 4.79 Å². The van der Waals surface area contributed by atoms with E-state index in [1.807, 2.05) is 13.8 Å². The van der Waals surface area contributed by atoms with Crippen LogP contribution in [0.15, 0.2) is 12.4 Å². The summed E-state index contributed by atoms with van der Waals surface area (Å²) in [6, 6.07) is 0.0139. The molecule has 0 fully saturated rings. The van der Waals surface area contributed by atoms with Crippen molar-refractivity contribution in [1.82, 2.24) is 30.6 Å². The molecule has 2 aromatic heterocycles. The van der Waals surface area contributed by atoms with Crippen molar-refractivity contribution in [2.24, 2.45) is 5.73 Å². The van der Waals surface area contributed by atoms with E-state index < -0.39 is 5.91 Å². The van der Waals surface area contributed by atoms with Crippen LogP contribution in [0.2, 0.25) is 0 Å². The number of tetrazole rings is 1. The van der Waals surface area contributed by atoms with Crippen molar-refractivity contribution in [3.63, 3.8) is 0 Å². The van der Waals surface area contributed by atoms with E-state index in [1.165, 1.54) is 12.4 Å². The van der Waals surface area contributed by atoms with Crippen molar-refractivity contribution >= 4 is 17.7 Å². The Labute approximate surface area is 102 Å². The van der Waals surface area contributed by atoms with Gasteiger partial charge in [-0.15, -0.1) is 5.10 Å². The Morgan fingerprint density at radius 3 is 2.78 bits per heavy atom.